The number of aryl methyl sites for hydroxylation is 1. The number of urea groups is 1. The number of carbonyl (C=O) groups is 2. The Bertz CT molecular complexity index is 1090. The first kappa shape index (κ1) is 20.7. The van der Waals surface area contributed by atoms with Gasteiger partial charge in [0.1, 0.15) is 11.4 Å². The van der Waals surface area contributed by atoms with Crippen molar-refractivity contribution < 1.29 is 9.59 Å². The summed E-state index contributed by atoms with van der Waals surface area (Å²) < 4.78 is 1.23. The molecule has 0 saturated carbocycles. The van der Waals surface area contributed by atoms with Gasteiger partial charge in [0.05, 0.1) is 11.7 Å². The molecule has 0 radical (unpaired) electrons. The SMILES string of the molecule is Cc1c(-c2ccccc2)sc2ncn(CC(=O)NC(=O)NCCC(C)C)c(=O)c12. The molecular weight excluding hydrogens is 388 g/mol. The first-order valence-electron chi connectivity index (χ1n) is 9.48. The molecule has 3 rings (SSSR count). The van der Waals surface area contributed by atoms with Crippen LogP contribution in [-0.2, 0) is 11.3 Å². The van der Waals surface area contributed by atoms with E-state index in [4.69, 9.17) is 0 Å². The lowest BCUT2D eigenvalue weighted by molar-refractivity contribution is -0.120. The fraction of sp³-hybridized carbons (Fsp3) is 0.333. The lowest BCUT2D eigenvalue weighted by atomic mass is 10.1. The molecule has 8 heteroatoms. The number of amides is 3. The average molecular weight is 413 g/mol. The zero-order chi connectivity index (χ0) is 21.0. The zero-order valence-corrected chi connectivity index (χ0v) is 17.5. The fourth-order valence-corrected chi connectivity index (χ4v) is 4.12. The number of carbonyl (C=O) groups excluding carboxylic acids is 2. The van der Waals surface area contributed by atoms with Crippen molar-refractivity contribution in [2.24, 2.45) is 5.92 Å². The van der Waals surface area contributed by atoms with Crippen molar-refractivity contribution in [2.75, 3.05) is 6.54 Å². The van der Waals surface area contributed by atoms with Gasteiger partial charge >= 0.3 is 6.03 Å². The molecule has 0 spiro atoms. The molecule has 0 fully saturated rings. The number of imide groups is 1. The zero-order valence-electron chi connectivity index (χ0n) is 16.7. The molecule has 0 atom stereocenters. The maximum absolute atomic E-state index is 12.9. The van der Waals surface area contributed by atoms with E-state index in [-0.39, 0.29) is 12.1 Å². The van der Waals surface area contributed by atoms with Crippen LogP contribution in [0, 0.1) is 12.8 Å². The van der Waals surface area contributed by atoms with Gasteiger partial charge in [-0.15, -0.1) is 11.3 Å². The molecule has 0 aliphatic carbocycles. The Morgan fingerprint density at radius 1 is 1.21 bits per heavy atom. The third-order valence-electron chi connectivity index (χ3n) is 4.53. The van der Waals surface area contributed by atoms with Gasteiger partial charge in [-0.1, -0.05) is 44.2 Å². The smallest absolute Gasteiger partial charge is 0.321 e. The second-order valence-electron chi connectivity index (χ2n) is 7.27. The number of nitrogens with zero attached hydrogens (tertiary/aromatic N) is 2. The van der Waals surface area contributed by atoms with E-state index in [0.717, 1.165) is 22.4 Å². The van der Waals surface area contributed by atoms with Gasteiger partial charge in [-0.2, -0.15) is 0 Å². The highest BCUT2D eigenvalue weighted by molar-refractivity contribution is 7.22. The molecule has 29 heavy (non-hydrogen) atoms. The molecule has 7 nitrogen and oxygen atoms in total. The normalized spacial score (nSPS) is 11.0. The van der Waals surface area contributed by atoms with E-state index in [9.17, 15) is 14.4 Å². The minimum Gasteiger partial charge on any atom is -0.338 e. The van der Waals surface area contributed by atoms with E-state index in [0.29, 0.717) is 22.7 Å². The molecule has 0 aliphatic heterocycles. The van der Waals surface area contributed by atoms with Crippen molar-refractivity contribution in [3.63, 3.8) is 0 Å². The largest absolute Gasteiger partial charge is 0.338 e. The molecule has 2 aromatic heterocycles. The van der Waals surface area contributed by atoms with Crippen molar-refractivity contribution >= 4 is 33.5 Å². The Kier molecular flexibility index (Phi) is 6.43. The lowest BCUT2D eigenvalue weighted by Gasteiger charge is -2.09. The predicted molar refractivity (Wildman–Crippen MR) is 115 cm³/mol. The van der Waals surface area contributed by atoms with Gasteiger partial charge in [0.25, 0.3) is 5.56 Å². The van der Waals surface area contributed by atoms with E-state index in [1.54, 1.807) is 0 Å². The van der Waals surface area contributed by atoms with Gasteiger partial charge in [-0.3, -0.25) is 19.5 Å². The summed E-state index contributed by atoms with van der Waals surface area (Å²) in [5, 5.41) is 5.39. The summed E-state index contributed by atoms with van der Waals surface area (Å²) in [6.45, 7) is 6.21. The lowest BCUT2D eigenvalue weighted by Crippen LogP contribution is -2.42. The fourth-order valence-electron chi connectivity index (χ4n) is 2.98. The minimum absolute atomic E-state index is 0.269. The van der Waals surface area contributed by atoms with Gasteiger partial charge < -0.3 is 5.32 Å². The summed E-state index contributed by atoms with van der Waals surface area (Å²) in [4.78, 5) is 42.8. The third kappa shape index (κ3) is 4.89. The molecule has 0 saturated heterocycles. The van der Waals surface area contributed by atoms with Crippen molar-refractivity contribution in [1.29, 1.82) is 0 Å². The summed E-state index contributed by atoms with van der Waals surface area (Å²) in [6.07, 6.45) is 2.18. The van der Waals surface area contributed by atoms with E-state index in [1.807, 2.05) is 37.3 Å². The molecule has 3 aromatic rings. The molecule has 0 unspecified atom stereocenters. The Hall–Kier alpha value is -3.00. The maximum Gasteiger partial charge on any atom is 0.321 e. The maximum atomic E-state index is 12.9. The number of benzene rings is 1. The summed E-state index contributed by atoms with van der Waals surface area (Å²) in [5.74, 6) is -0.108. The van der Waals surface area contributed by atoms with Gasteiger partial charge in [-0.25, -0.2) is 9.78 Å². The Labute approximate surface area is 172 Å². The van der Waals surface area contributed by atoms with Crippen LogP contribution < -0.4 is 16.2 Å². The number of nitrogens with one attached hydrogen (secondary N) is 2. The van der Waals surface area contributed by atoms with Crippen LogP contribution >= 0.6 is 11.3 Å². The highest BCUT2D eigenvalue weighted by Crippen LogP contribution is 2.35. The van der Waals surface area contributed by atoms with Crippen LogP contribution in [0.5, 0.6) is 0 Å². The monoisotopic (exact) mass is 412 g/mol. The van der Waals surface area contributed by atoms with Crippen molar-refractivity contribution in [1.82, 2.24) is 20.2 Å². The van der Waals surface area contributed by atoms with Crippen LogP contribution in [-0.4, -0.2) is 28.0 Å². The van der Waals surface area contributed by atoms with Crippen LogP contribution in [0.25, 0.3) is 20.7 Å². The second-order valence-corrected chi connectivity index (χ2v) is 8.27. The van der Waals surface area contributed by atoms with Crippen molar-refractivity contribution in [3.05, 3.63) is 52.6 Å². The molecule has 2 heterocycles. The van der Waals surface area contributed by atoms with E-state index >= 15 is 0 Å². The van der Waals surface area contributed by atoms with Crippen LogP contribution in [0.2, 0.25) is 0 Å². The number of aromatic nitrogens is 2. The number of hydrogen-bond acceptors (Lipinski definition) is 5. The summed E-state index contributed by atoms with van der Waals surface area (Å²) in [7, 11) is 0. The number of rotatable bonds is 6. The molecule has 152 valence electrons. The average Bonchev–Trinajstić information content (AvgIpc) is 3.01. The summed E-state index contributed by atoms with van der Waals surface area (Å²) >= 11 is 1.45. The number of thiophene rings is 1. The first-order valence-corrected chi connectivity index (χ1v) is 10.3. The highest BCUT2D eigenvalue weighted by Gasteiger charge is 2.17. The van der Waals surface area contributed by atoms with Gasteiger partial charge in [0, 0.05) is 11.4 Å². The molecule has 0 aliphatic rings. The number of hydrogen-bond donors (Lipinski definition) is 2. The van der Waals surface area contributed by atoms with Crippen LogP contribution in [0.15, 0.2) is 41.5 Å². The third-order valence-corrected chi connectivity index (χ3v) is 5.78. The number of fused-ring (bicyclic) bond motifs is 1. The minimum atomic E-state index is -0.563. The van der Waals surface area contributed by atoms with E-state index in [1.165, 1.54) is 22.2 Å². The quantitative estimate of drug-likeness (QED) is 0.650. The van der Waals surface area contributed by atoms with Crippen LogP contribution in [0.1, 0.15) is 25.8 Å². The standard InChI is InChI=1S/C21H24N4O3S/c1-13(2)9-10-22-21(28)24-16(26)11-25-12-23-19-17(20(25)27)14(3)18(29-19)15-7-5-4-6-8-15/h4-8,12-13H,9-11H2,1-3H3,(H2,22,24,26,28). The van der Waals surface area contributed by atoms with Crippen LogP contribution in [0.3, 0.4) is 0 Å². The second kappa shape index (κ2) is 9.00. The van der Waals surface area contributed by atoms with E-state index < -0.39 is 11.9 Å². The molecule has 3 amide bonds. The Balaban J connectivity index is 1.76. The van der Waals surface area contributed by atoms with Crippen molar-refractivity contribution in [2.45, 2.75) is 33.7 Å². The van der Waals surface area contributed by atoms with Gasteiger partial charge in [-0.05, 0) is 30.4 Å². The summed E-state index contributed by atoms with van der Waals surface area (Å²) in [5.41, 5.74) is 1.57. The van der Waals surface area contributed by atoms with Crippen LogP contribution in [0.4, 0.5) is 4.79 Å². The first-order chi connectivity index (χ1) is 13.9. The van der Waals surface area contributed by atoms with Crippen molar-refractivity contribution in [3.8, 4) is 10.4 Å². The van der Waals surface area contributed by atoms with Gasteiger partial charge in [0.15, 0.2) is 0 Å². The molecule has 2 N–H and O–H groups in total. The van der Waals surface area contributed by atoms with Gasteiger partial charge in [0.2, 0.25) is 5.91 Å². The molecular formula is C21H24N4O3S. The Morgan fingerprint density at radius 3 is 2.62 bits per heavy atom. The Morgan fingerprint density at radius 2 is 1.93 bits per heavy atom. The highest BCUT2D eigenvalue weighted by atomic mass is 32.1. The molecule has 1 aromatic carbocycles. The predicted octanol–water partition coefficient (Wildman–Crippen LogP) is 3.31. The topological polar surface area (TPSA) is 93.1 Å². The molecule has 0 bridgehead atoms. The van der Waals surface area contributed by atoms with E-state index in [2.05, 4.69) is 29.5 Å². The summed E-state index contributed by atoms with van der Waals surface area (Å²) in [6, 6.07) is 9.25.